The van der Waals surface area contributed by atoms with Crippen molar-refractivity contribution < 1.29 is 5.11 Å². The number of H-pyrrole nitrogens is 1. The minimum atomic E-state index is -0.142. The average Bonchev–Trinajstić information content (AvgIpc) is 2.53. The van der Waals surface area contributed by atoms with Crippen LogP contribution in [0.3, 0.4) is 0 Å². The predicted octanol–water partition coefficient (Wildman–Crippen LogP) is 1.76. The van der Waals surface area contributed by atoms with Crippen molar-refractivity contribution in [2.24, 2.45) is 0 Å². The quantitative estimate of drug-likeness (QED) is 0.895. The number of piperazine rings is 1. The second-order valence-corrected chi connectivity index (χ2v) is 6.20. The molecule has 6 nitrogen and oxygen atoms in total. The van der Waals surface area contributed by atoms with Crippen molar-refractivity contribution in [3.63, 3.8) is 0 Å². The van der Waals surface area contributed by atoms with E-state index in [1.165, 1.54) is 12.4 Å². The molecule has 0 spiro atoms. The van der Waals surface area contributed by atoms with E-state index in [1.54, 1.807) is 6.07 Å². The Kier molecular flexibility index (Phi) is 4.54. The first-order chi connectivity index (χ1) is 11.0. The van der Waals surface area contributed by atoms with Crippen molar-refractivity contribution >= 4 is 17.4 Å². The largest absolute Gasteiger partial charge is 0.507 e. The lowest BCUT2D eigenvalue weighted by molar-refractivity contribution is 0.246. The van der Waals surface area contributed by atoms with Gasteiger partial charge in [-0.1, -0.05) is 11.6 Å². The van der Waals surface area contributed by atoms with E-state index in [0.717, 1.165) is 37.3 Å². The second-order valence-electron chi connectivity index (χ2n) is 5.76. The van der Waals surface area contributed by atoms with E-state index in [9.17, 15) is 9.90 Å². The van der Waals surface area contributed by atoms with Crippen LogP contribution in [0.1, 0.15) is 11.1 Å². The maximum Gasteiger partial charge on any atom is 0.252 e. The molecule has 0 saturated carbocycles. The fourth-order valence-electron chi connectivity index (χ4n) is 2.83. The number of phenols is 1. The number of aromatic nitrogens is 2. The number of benzene rings is 1. The molecule has 23 heavy (non-hydrogen) atoms. The zero-order valence-electron chi connectivity index (χ0n) is 12.9. The molecule has 1 aromatic carbocycles. The summed E-state index contributed by atoms with van der Waals surface area (Å²) in [6, 6.07) is 5.09. The molecule has 7 heteroatoms. The summed E-state index contributed by atoms with van der Waals surface area (Å²) in [5.74, 6) is 1.02. The van der Waals surface area contributed by atoms with Gasteiger partial charge in [-0.3, -0.25) is 9.69 Å². The first kappa shape index (κ1) is 15.8. The van der Waals surface area contributed by atoms with Crippen molar-refractivity contribution in [2.75, 3.05) is 31.1 Å². The van der Waals surface area contributed by atoms with Crippen molar-refractivity contribution in [3.05, 3.63) is 51.0 Å². The summed E-state index contributed by atoms with van der Waals surface area (Å²) in [4.78, 5) is 22.4. The Morgan fingerprint density at radius 3 is 2.70 bits per heavy atom. The van der Waals surface area contributed by atoms with Gasteiger partial charge in [-0.2, -0.15) is 0 Å². The van der Waals surface area contributed by atoms with E-state index in [4.69, 9.17) is 11.6 Å². The summed E-state index contributed by atoms with van der Waals surface area (Å²) < 4.78 is 0. The van der Waals surface area contributed by atoms with Crippen LogP contribution in [0.2, 0.25) is 5.02 Å². The SMILES string of the molecule is Cc1cc(Cl)cc(CN2CCN(c3cc(=O)[nH]cn3)CC2)c1O. The first-order valence-electron chi connectivity index (χ1n) is 7.53. The smallest absolute Gasteiger partial charge is 0.252 e. The zero-order valence-corrected chi connectivity index (χ0v) is 13.7. The van der Waals surface area contributed by atoms with Crippen LogP contribution in [0.4, 0.5) is 5.82 Å². The van der Waals surface area contributed by atoms with Gasteiger partial charge in [-0.15, -0.1) is 0 Å². The fourth-order valence-corrected chi connectivity index (χ4v) is 3.13. The van der Waals surface area contributed by atoms with Gasteiger partial charge in [0.2, 0.25) is 0 Å². The molecule has 0 unspecified atom stereocenters. The number of phenolic OH excluding ortho intramolecular Hbond substituents is 1. The van der Waals surface area contributed by atoms with Gasteiger partial charge >= 0.3 is 0 Å². The molecule has 0 amide bonds. The van der Waals surface area contributed by atoms with Crippen LogP contribution in [0.25, 0.3) is 0 Å². The fraction of sp³-hybridized carbons (Fsp3) is 0.375. The molecule has 2 heterocycles. The van der Waals surface area contributed by atoms with E-state index >= 15 is 0 Å². The van der Waals surface area contributed by atoms with E-state index in [-0.39, 0.29) is 5.56 Å². The summed E-state index contributed by atoms with van der Waals surface area (Å²) in [5.41, 5.74) is 1.49. The summed E-state index contributed by atoms with van der Waals surface area (Å²) >= 11 is 6.08. The molecule has 2 aromatic rings. The normalized spacial score (nSPS) is 15.8. The van der Waals surface area contributed by atoms with Crippen molar-refractivity contribution in [1.82, 2.24) is 14.9 Å². The molecule has 0 atom stereocenters. The van der Waals surface area contributed by atoms with E-state index in [1.807, 2.05) is 13.0 Å². The van der Waals surface area contributed by atoms with Crippen LogP contribution in [-0.2, 0) is 6.54 Å². The van der Waals surface area contributed by atoms with Crippen molar-refractivity contribution in [1.29, 1.82) is 0 Å². The highest BCUT2D eigenvalue weighted by molar-refractivity contribution is 6.30. The number of aryl methyl sites for hydroxylation is 1. The lowest BCUT2D eigenvalue weighted by atomic mass is 10.1. The van der Waals surface area contributed by atoms with Gasteiger partial charge in [0, 0.05) is 49.4 Å². The summed E-state index contributed by atoms with van der Waals surface area (Å²) in [6.45, 7) is 5.75. The van der Waals surface area contributed by atoms with Crippen LogP contribution in [0, 0.1) is 6.92 Å². The molecule has 1 fully saturated rings. The molecule has 1 aliphatic heterocycles. The molecular weight excluding hydrogens is 316 g/mol. The molecule has 0 radical (unpaired) electrons. The topological polar surface area (TPSA) is 72.5 Å². The van der Waals surface area contributed by atoms with Gasteiger partial charge in [0.25, 0.3) is 5.56 Å². The zero-order chi connectivity index (χ0) is 16.4. The lowest BCUT2D eigenvalue weighted by Gasteiger charge is -2.35. The number of nitrogens with zero attached hydrogens (tertiary/aromatic N) is 3. The third-order valence-corrected chi connectivity index (χ3v) is 4.32. The molecule has 1 saturated heterocycles. The predicted molar refractivity (Wildman–Crippen MR) is 90.2 cm³/mol. The molecule has 1 aliphatic rings. The Morgan fingerprint density at radius 1 is 1.26 bits per heavy atom. The van der Waals surface area contributed by atoms with Crippen LogP contribution in [0.15, 0.2) is 29.3 Å². The van der Waals surface area contributed by atoms with E-state index in [2.05, 4.69) is 19.8 Å². The number of nitrogens with one attached hydrogen (secondary N) is 1. The number of aromatic hydroxyl groups is 1. The van der Waals surface area contributed by atoms with Crippen LogP contribution in [0.5, 0.6) is 5.75 Å². The Hall–Kier alpha value is -2.05. The Labute approximate surface area is 139 Å². The van der Waals surface area contributed by atoms with Gasteiger partial charge in [-0.25, -0.2) is 4.98 Å². The first-order valence-corrected chi connectivity index (χ1v) is 7.91. The minimum Gasteiger partial charge on any atom is -0.507 e. The molecule has 1 aromatic heterocycles. The van der Waals surface area contributed by atoms with Crippen LogP contribution in [-0.4, -0.2) is 46.2 Å². The monoisotopic (exact) mass is 334 g/mol. The molecule has 2 N–H and O–H groups in total. The van der Waals surface area contributed by atoms with Gasteiger partial charge in [0.1, 0.15) is 11.6 Å². The number of rotatable bonds is 3. The van der Waals surface area contributed by atoms with Gasteiger partial charge < -0.3 is 15.0 Å². The highest BCUT2D eigenvalue weighted by Crippen LogP contribution is 2.28. The lowest BCUT2D eigenvalue weighted by Crippen LogP contribution is -2.46. The van der Waals surface area contributed by atoms with E-state index < -0.39 is 0 Å². The number of aromatic amines is 1. The molecular formula is C16H19ClN4O2. The maximum absolute atomic E-state index is 11.4. The number of halogens is 1. The summed E-state index contributed by atoms with van der Waals surface area (Å²) in [5, 5.41) is 10.8. The van der Waals surface area contributed by atoms with Gasteiger partial charge in [0.15, 0.2) is 0 Å². The van der Waals surface area contributed by atoms with Crippen LogP contribution >= 0.6 is 11.6 Å². The summed E-state index contributed by atoms with van der Waals surface area (Å²) in [6.07, 6.45) is 1.43. The van der Waals surface area contributed by atoms with Crippen molar-refractivity contribution in [3.8, 4) is 5.75 Å². The Balaban J connectivity index is 1.65. The minimum absolute atomic E-state index is 0.142. The van der Waals surface area contributed by atoms with Gasteiger partial charge in [0.05, 0.1) is 6.33 Å². The molecule has 0 bridgehead atoms. The highest BCUT2D eigenvalue weighted by Gasteiger charge is 2.19. The molecule has 122 valence electrons. The number of anilines is 1. The van der Waals surface area contributed by atoms with E-state index in [0.29, 0.717) is 23.1 Å². The third kappa shape index (κ3) is 3.65. The van der Waals surface area contributed by atoms with Crippen LogP contribution < -0.4 is 10.5 Å². The van der Waals surface area contributed by atoms with Gasteiger partial charge in [-0.05, 0) is 24.6 Å². The second kappa shape index (κ2) is 6.60. The maximum atomic E-state index is 11.4. The number of hydrogen-bond donors (Lipinski definition) is 2. The van der Waals surface area contributed by atoms with Crippen molar-refractivity contribution in [2.45, 2.75) is 13.5 Å². The standard InChI is InChI=1S/C16H19ClN4O2/c1-11-6-13(17)7-12(16(11)23)9-20-2-4-21(5-3-20)14-8-15(22)19-10-18-14/h6-8,10,23H,2-5,9H2,1H3,(H,18,19,22). The highest BCUT2D eigenvalue weighted by atomic mass is 35.5. The Bertz CT molecular complexity index is 754. The molecule has 0 aliphatic carbocycles. The third-order valence-electron chi connectivity index (χ3n) is 4.10. The average molecular weight is 335 g/mol. The summed E-state index contributed by atoms with van der Waals surface area (Å²) in [7, 11) is 0. The molecule has 3 rings (SSSR count). The number of hydrogen-bond acceptors (Lipinski definition) is 5. The Morgan fingerprint density at radius 2 is 2.00 bits per heavy atom.